The van der Waals surface area contributed by atoms with Gasteiger partial charge in [0.15, 0.2) is 12.2 Å². The third-order valence-corrected chi connectivity index (χ3v) is 7.27. The minimum atomic E-state index is -2.15. The van der Waals surface area contributed by atoms with Crippen LogP contribution >= 0.6 is 0 Å². The van der Waals surface area contributed by atoms with Crippen molar-refractivity contribution >= 4 is 30.0 Å². The SMILES string of the molecule is COC(=O)[C@@]1(ON2C(C)(C)CCCC2(C)C)C[C@@H]2OC(=O)N[C@H]2[C@H]([C@H](OC(C)=O)[C@@H](COC(C)=O)OC(C)=O)O1. The summed E-state index contributed by atoms with van der Waals surface area (Å²) in [6.07, 6.45) is -3.81. The van der Waals surface area contributed by atoms with Crippen LogP contribution in [0.4, 0.5) is 4.79 Å². The maximum absolute atomic E-state index is 13.5. The number of carbonyl (C=O) groups is 5. The molecule has 0 radical (unpaired) electrons. The van der Waals surface area contributed by atoms with Gasteiger partial charge in [0, 0.05) is 31.8 Å². The lowest BCUT2D eigenvalue weighted by atomic mass is 9.82. The van der Waals surface area contributed by atoms with Gasteiger partial charge in [0.05, 0.1) is 19.6 Å². The molecule has 3 heterocycles. The van der Waals surface area contributed by atoms with Crippen molar-refractivity contribution in [3.63, 3.8) is 0 Å². The standard InChI is InChI=1S/C26H40N2O12/c1-14(29)35-13-18(36-15(2)30)20(37-16(3)31)21-19-17(38-23(33)27-19)12-26(39-21,22(32)34-8)40-28-24(4,5)10-9-11-25(28,6)7/h17-21H,9-13H2,1-8H3,(H,27,33)/t17-,18+,19+,20+,21+,26-/m0/s1. The summed E-state index contributed by atoms with van der Waals surface area (Å²) in [6, 6.07) is -0.962. The van der Waals surface area contributed by atoms with Gasteiger partial charge in [0.2, 0.25) is 0 Å². The number of esters is 4. The van der Waals surface area contributed by atoms with Crippen LogP contribution in [-0.2, 0) is 52.4 Å². The molecule has 3 aliphatic heterocycles. The summed E-state index contributed by atoms with van der Waals surface area (Å²) in [4.78, 5) is 68.2. The molecule has 3 fully saturated rings. The van der Waals surface area contributed by atoms with Crippen molar-refractivity contribution in [3.8, 4) is 0 Å². The van der Waals surface area contributed by atoms with Gasteiger partial charge in [0.1, 0.15) is 18.8 Å². The summed E-state index contributed by atoms with van der Waals surface area (Å²) < 4.78 is 33.0. The molecule has 226 valence electrons. The Hall–Kier alpha value is -2.97. The molecule has 3 saturated heterocycles. The zero-order valence-electron chi connectivity index (χ0n) is 24.3. The quantitative estimate of drug-likeness (QED) is 0.312. The number of alkyl carbamates (subject to hydrolysis) is 1. The van der Waals surface area contributed by atoms with Gasteiger partial charge in [-0.05, 0) is 47.0 Å². The van der Waals surface area contributed by atoms with E-state index in [0.717, 1.165) is 47.1 Å². The molecule has 0 spiro atoms. The summed E-state index contributed by atoms with van der Waals surface area (Å²) in [5.41, 5.74) is -1.07. The van der Waals surface area contributed by atoms with E-state index in [-0.39, 0.29) is 6.42 Å². The van der Waals surface area contributed by atoms with Crippen LogP contribution in [0.1, 0.15) is 74.1 Å². The number of hydrogen-bond donors (Lipinski definition) is 1. The second-order valence-corrected chi connectivity index (χ2v) is 11.5. The zero-order chi connectivity index (χ0) is 30.0. The van der Waals surface area contributed by atoms with Crippen LogP contribution in [0.25, 0.3) is 0 Å². The summed E-state index contributed by atoms with van der Waals surface area (Å²) in [5, 5.41) is 4.32. The molecule has 3 rings (SSSR count). The van der Waals surface area contributed by atoms with Crippen molar-refractivity contribution in [2.75, 3.05) is 13.7 Å². The highest BCUT2D eigenvalue weighted by Crippen LogP contribution is 2.45. The maximum atomic E-state index is 13.5. The number of carbonyl (C=O) groups excluding carboxylic acids is 5. The number of piperidine rings is 1. The minimum Gasteiger partial charge on any atom is -0.465 e. The molecule has 14 heteroatoms. The first-order chi connectivity index (χ1) is 18.5. The van der Waals surface area contributed by atoms with Crippen molar-refractivity contribution in [1.82, 2.24) is 10.4 Å². The molecular formula is C26H40N2O12. The van der Waals surface area contributed by atoms with Gasteiger partial charge < -0.3 is 33.7 Å². The van der Waals surface area contributed by atoms with Crippen LogP contribution in [0.3, 0.4) is 0 Å². The molecule has 14 nitrogen and oxygen atoms in total. The summed E-state index contributed by atoms with van der Waals surface area (Å²) in [6.45, 7) is 10.8. The van der Waals surface area contributed by atoms with Crippen LogP contribution in [0.5, 0.6) is 0 Å². The Balaban J connectivity index is 2.12. The molecule has 0 aromatic carbocycles. The van der Waals surface area contributed by atoms with Gasteiger partial charge in [-0.3, -0.25) is 19.2 Å². The number of methoxy groups -OCH3 is 1. The van der Waals surface area contributed by atoms with E-state index in [2.05, 4.69) is 5.32 Å². The van der Waals surface area contributed by atoms with Gasteiger partial charge in [-0.25, -0.2) is 9.59 Å². The van der Waals surface area contributed by atoms with Crippen molar-refractivity contribution in [1.29, 1.82) is 0 Å². The van der Waals surface area contributed by atoms with Crippen LogP contribution in [-0.4, -0.2) is 96.1 Å². The Bertz CT molecular complexity index is 998. The number of hydroxylamine groups is 2. The molecule has 40 heavy (non-hydrogen) atoms. The monoisotopic (exact) mass is 572 g/mol. The summed E-state index contributed by atoms with van der Waals surface area (Å²) >= 11 is 0. The van der Waals surface area contributed by atoms with E-state index < -0.39 is 83.9 Å². The number of fused-ring (bicyclic) bond motifs is 1. The highest BCUT2D eigenvalue weighted by Gasteiger charge is 2.63. The highest BCUT2D eigenvalue weighted by molar-refractivity contribution is 5.79. The van der Waals surface area contributed by atoms with Crippen molar-refractivity contribution in [3.05, 3.63) is 0 Å². The summed E-state index contributed by atoms with van der Waals surface area (Å²) in [5.74, 6) is -5.30. The fourth-order valence-corrected chi connectivity index (χ4v) is 5.72. The van der Waals surface area contributed by atoms with Gasteiger partial charge in [-0.2, -0.15) is 5.06 Å². The first-order valence-electron chi connectivity index (χ1n) is 13.2. The predicted octanol–water partition coefficient (Wildman–Crippen LogP) is 1.52. The molecule has 0 aromatic heterocycles. The average molecular weight is 573 g/mol. The smallest absolute Gasteiger partial charge is 0.407 e. The van der Waals surface area contributed by atoms with E-state index in [9.17, 15) is 24.0 Å². The Morgan fingerprint density at radius 1 is 1.00 bits per heavy atom. The number of hydrogen-bond acceptors (Lipinski definition) is 13. The first-order valence-corrected chi connectivity index (χ1v) is 13.2. The number of nitrogens with zero attached hydrogens (tertiary/aromatic N) is 1. The molecule has 0 unspecified atom stereocenters. The van der Waals surface area contributed by atoms with E-state index in [0.29, 0.717) is 0 Å². The van der Waals surface area contributed by atoms with Gasteiger partial charge in [0.25, 0.3) is 5.79 Å². The van der Waals surface area contributed by atoms with Crippen LogP contribution < -0.4 is 5.32 Å². The predicted molar refractivity (Wildman–Crippen MR) is 134 cm³/mol. The lowest BCUT2D eigenvalue weighted by Crippen LogP contribution is -2.70. The van der Waals surface area contributed by atoms with Crippen LogP contribution in [0.2, 0.25) is 0 Å². The third kappa shape index (κ3) is 6.84. The van der Waals surface area contributed by atoms with Crippen molar-refractivity contribution in [2.24, 2.45) is 0 Å². The molecule has 0 aliphatic carbocycles. The molecule has 1 amide bonds. The number of ether oxygens (including phenoxy) is 6. The zero-order valence-corrected chi connectivity index (χ0v) is 24.3. The average Bonchev–Trinajstić information content (AvgIpc) is 3.20. The third-order valence-electron chi connectivity index (χ3n) is 7.27. The number of amides is 1. The van der Waals surface area contributed by atoms with Crippen LogP contribution in [0, 0.1) is 0 Å². The largest absolute Gasteiger partial charge is 0.465 e. The van der Waals surface area contributed by atoms with E-state index in [1.165, 1.54) is 0 Å². The Kier molecular flexibility index (Phi) is 9.36. The number of nitrogens with one attached hydrogen (secondary N) is 1. The van der Waals surface area contributed by atoms with Gasteiger partial charge in [-0.15, -0.1) is 0 Å². The Labute approximate surface area is 233 Å². The molecule has 0 aromatic rings. The summed E-state index contributed by atoms with van der Waals surface area (Å²) in [7, 11) is 1.16. The molecule has 6 atom stereocenters. The van der Waals surface area contributed by atoms with Gasteiger partial charge >= 0.3 is 30.0 Å². The fourth-order valence-electron chi connectivity index (χ4n) is 5.72. The molecule has 0 bridgehead atoms. The number of rotatable bonds is 9. The molecule has 3 aliphatic rings. The topological polar surface area (TPSA) is 165 Å². The molecule has 1 N–H and O–H groups in total. The molecule has 0 saturated carbocycles. The second-order valence-electron chi connectivity index (χ2n) is 11.5. The maximum Gasteiger partial charge on any atom is 0.407 e. The highest BCUT2D eigenvalue weighted by atomic mass is 16.8. The van der Waals surface area contributed by atoms with E-state index in [1.54, 1.807) is 5.06 Å². The lowest BCUT2D eigenvalue weighted by Gasteiger charge is -2.55. The van der Waals surface area contributed by atoms with Gasteiger partial charge in [-0.1, -0.05) is 0 Å². The minimum absolute atomic E-state index is 0.253. The van der Waals surface area contributed by atoms with Crippen LogP contribution in [0.15, 0.2) is 0 Å². The normalized spacial score (nSPS) is 30.5. The first kappa shape index (κ1) is 31.6. The Morgan fingerprint density at radius 3 is 2.12 bits per heavy atom. The second kappa shape index (κ2) is 11.9. The lowest BCUT2D eigenvalue weighted by molar-refractivity contribution is -0.415. The van der Waals surface area contributed by atoms with E-state index >= 15 is 0 Å². The van der Waals surface area contributed by atoms with E-state index in [4.69, 9.17) is 33.3 Å². The fraction of sp³-hybridized carbons (Fsp3) is 0.808. The molecular weight excluding hydrogens is 532 g/mol. The Morgan fingerprint density at radius 2 is 1.60 bits per heavy atom. The van der Waals surface area contributed by atoms with Crippen molar-refractivity contribution in [2.45, 2.75) is 121 Å². The van der Waals surface area contributed by atoms with E-state index in [1.807, 2.05) is 27.7 Å². The van der Waals surface area contributed by atoms with Crippen molar-refractivity contribution < 1.29 is 57.2 Å².